The van der Waals surface area contributed by atoms with Gasteiger partial charge in [-0.15, -0.1) is 9.05 Å². The van der Waals surface area contributed by atoms with Crippen LogP contribution in [0.4, 0.5) is 0 Å². The Balaban J connectivity index is 2.26. The lowest BCUT2D eigenvalue weighted by molar-refractivity contribution is 0.106. The van der Waals surface area contributed by atoms with Gasteiger partial charge in [0, 0.05) is 10.5 Å². The highest BCUT2D eigenvalue weighted by Crippen LogP contribution is 2.31. The fourth-order valence-electron chi connectivity index (χ4n) is 0.654. The van der Waals surface area contributed by atoms with Crippen molar-refractivity contribution in [1.29, 1.82) is 0 Å². The van der Waals surface area contributed by atoms with Crippen molar-refractivity contribution < 1.29 is 13.6 Å². The third kappa shape index (κ3) is 2.01. The SMILES string of the molecule is CCC1CO[P+](=O)OC1. The van der Waals surface area contributed by atoms with Gasteiger partial charge >= 0.3 is 8.25 Å². The van der Waals surface area contributed by atoms with E-state index in [1.54, 1.807) is 0 Å². The molecule has 1 heterocycles. The Morgan fingerprint density at radius 2 is 2.11 bits per heavy atom. The molecule has 4 heteroatoms. The van der Waals surface area contributed by atoms with Crippen molar-refractivity contribution in [2.24, 2.45) is 5.92 Å². The summed E-state index contributed by atoms with van der Waals surface area (Å²) in [7, 11) is -1.77. The second-order valence-corrected chi connectivity index (χ2v) is 3.05. The van der Waals surface area contributed by atoms with E-state index in [1.807, 2.05) is 0 Å². The number of hydrogen-bond donors (Lipinski definition) is 0. The number of rotatable bonds is 1. The zero-order chi connectivity index (χ0) is 6.69. The average molecular weight is 149 g/mol. The van der Waals surface area contributed by atoms with E-state index in [-0.39, 0.29) is 0 Å². The molecular formula is C5H10O3P+. The Hall–Kier alpha value is 0.0200. The third-order valence-corrected chi connectivity index (χ3v) is 2.13. The van der Waals surface area contributed by atoms with Gasteiger partial charge in [-0.1, -0.05) is 6.92 Å². The molecule has 1 saturated heterocycles. The van der Waals surface area contributed by atoms with Gasteiger partial charge in [0.1, 0.15) is 13.2 Å². The molecule has 0 N–H and O–H groups in total. The van der Waals surface area contributed by atoms with Crippen LogP contribution >= 0.6 is 8.25 Å². The van der Waals surface area contributed by atoms with Crippen LogP contribution in [0.15, 0.2) is 0 Å². The first-order chi connectivity index (χ1) is 4.33. The fraction of sp³-hybridized carbons (Fsp3) is 1.00. The van der Waals surface area contributed by atoms with Crippen molar-refractivity contribution in [3.63, 3.8) is 0 Å². The highest BCUT2D eigenvalue weighted by molar-refractivity contribution is 7.33. The first-order valence-electron chi connectivity index (χ1n) is 3.06. The quantitative estimate of drug-likeness (QED) is 0.532. The van der Waals surface area contributed by atoms with E-state index < -0.39 is 8.25 Å². The maximum atomic E-state index is 10.4. The van der Waals surface area contributed by atoms with Crippen molar-refractivity contribution >= 4 is 8.25 Å². The molecule has 1 rings (SSSR count). The average Bonchev–Trinajstić information content (AvgIpc) is 1.90. The molecule has 1 aliphatic heterocycles. The van der Waals surface area contributed by atoms with E-state index in [0.717, 1.165) is 6.42 Å². The highest BCUT2D eigenvalue weighted by atomic mass is 31.1. The van der Waals surface area contributed by atoms with E-state index in [0.29, 0.717) is 19.1 Å². The lowest BCUT2D eigenvalue weighted by Gasteiger charge is -2.09. The second kappa shape index (κ2) is 3.25. The molecule has 0 unspecified atom stereocenters. The van der Waals surface area contributed by atoms with E-state index >= 15 is 0 Å². The van der Waals surface area contributed by atoms with Gasteiger partial charge in [0.25, 0.3) is 0 Å². The molecule has 0 bridgehead atoms. The summed E-state index contributed by atoms with van der Waals surface area (Å²) in [5.74, 6) is 0.442. The van der Waals surface area contributed by atoms with E-state index in [9.17, 15) is 4.57 Å². The summed E-state index contributed by atoms with van der Waals surface area (Å²) in [6.07, 6.45) is 1.03. The predicted molar refractivity (Wildman–Crippen MR) is 33.3 cm³/mol. The topological polar surface area (TPSA) is 35.5 Å². The summed E-state index contributed by atoms with van der Waals surface area (Å²) in [4.78, 5) is 0. The summed E-state index contributed by atoms with van der Waals surface area (Å²) in [6, 6.07) is 0. The second-order valence-electron chi connectivity index (χ2n) is 2.09. The van der Waals surface area contributed by atoms with E-state index in [2.05, 4.69) is 6.92 Å². The summed E-state index contributed by atoms with van der Waals surface area (Å²) in [5.41, 5.74) is 0. The molecule has 0 aromatic heterocycles. The van der Waals surface area contributed by atoms with Gasteiger partial charge in [0.15, 0.2) is 0 Å². The molecule has 0 amide bonds. The monoisotopic (exact) mass is 149 g/mol. The van der Waals surface area contributed by atoms with Crippen LogP contribution in [0.25, 0.3) is 0 Å². The molecule has 0 radical (unpaired) electrons. The standard InChI is InChI=1S/C5H10O3P/c1-2-5-3-7-9(6)8-4-5/h5H,2-4H2,1H3/q+1. The van der Waals surface area contributed by atoms with Crippen molar-refractivity contribution in [1.82, 2.24) is 0 Å². The Morgan fingerprint density at radius 3 is 2.56 bits per heavy atom. The van der Waals surface area contributed by atoms with E-state index in [1.165, 1.54) is 0 Å². The Kier molecular flexibility index (Phi) is 2.58. The zero-order valence-corrected chi connectivity index (χ0v) is 6.27. The van der Waals surface area contributed by atoms with Crippen LogP contribution < -0.4 is 0 Å². The first kappa shape index (κ1) is 7.13. The van der Waals surface area contributed by atoms with Gasteiger partial charge in [-0.05, 0) is 6.42 Å². The predicted octanol–water partition coefficient (Wildman–Crippen LogP) is 1.72. The van der Waals surface area contributed by atoms with Crippen molar-refractivity contribution in [2.75, 3.05) is 13.2 Å². The molecule has 0 aromatic rings. The van der Waals surface area contributed by atoms with Crippen LogP contribution in [-0.4, -0.2) is 13.2 Å². The molecule has 0 atom stereocenters. The lowest BCUT2D eigenvalue weighted by Crippen LogP contribution is -2.16. The van der Waals surface area contributed by atoms with Gasteiger partial charge < -0.3 is 0 Å². The molecule has 0 saturated carbocycles. The zero-order valence-electron chi connectivity index (χ0n) is 5.37. The summed E-state index contributed by atoms with van der Waals surface area (Å²) in [5, 5.41) is 0. The maximum absolute atomic E-state index is 10.4. The minimum atomic E-state index is -1.77. The van der Waals surface area contributed by atoms with Crippen LogP contribution in [0.1, 0.15) is 13.3 Å². The van der Waals surface area contributed by atoms with Crippen molar-refractivity contribution in [3.8, 4) is 0 Å². The van der Waals surface area contributed by atoms with Crippen LogP contribution in [0.3, 0.4) is 0 Å². The molecule has 52 valence electrons. The van der Waals surface area contributed by atoms with Gasteiger partial charge in [0.05, 0.1) is 0 Å². The molecule has 0 aromatic carbocycles. The summed E-state index contributed by atoms with van der Waals surface area (Å²) >= 11 is 0. The van der Waals surface area contributed by atoms with Gasteiger partial charge in [-0.25, -0.2) is 0 Å². The fourth-order valence-corrected chi connectivity index (χ4v) is 1.39. The van der Waals surface area contributed by atoms with Crippen LogP contribution in [0.2, 0.25) is 0 Å². The molecule has 0 spiro atoms. The highest BCUT2D eigenvalue weighted by Gasteiger charge is 2.30. The smallest absolute Gasteiger partial charge is 0.119 e. The molecule has 3 nitrogen and oxygen atoms in total. The Labute approximate surface area is 55.3 Å². The maximum Gasteiger partial charge on any atom is 0.697 e. The van der Waals surface area contributed by atoms with Crippen LogP contribution in [0.5, 0.6) is 0 Å². The van der Waals surface area contributed by atoms with E-state index in [4.69, 9.17) is 9.05 Å². The third-order valence-electron chi connectivity index (χ3n) is 1.41. The Morgan fingerprint density at radius 1 is 1.56 bits per heavy atom. The molecular weight excluding hydrogens is 139 g/mol. The minimum absolute atomic E-state index is 0.442. The molecule has 1 fully saturated rings. The minimum Gasteiger partial charge on any atom is -0.119 e. The summed E-state index contributed by atoms with van der Waals surface area (Å²) in [6.45, 7) is 3.24. The largest absolute Gasteiger partial charge is 0.697 e. The van der Waals surface area contributed by atoms with Crippen molar-refractivity contribution in [2.45, 2.75) is 13.3 Å². The number of hydrogen-bond acceptors (Lipinski definition) is 3. The lowest BCUT2D eigenvalue weighted by atomic mass is 10.1. The molecule has 1 aliphatic rings. The van der Waals surface area contributed by atoms with Gasteiger partial charge in [0.2, 0.25) is 0 Å². The Bertz CT molecular complexity index is 105. The normalized spacial score (nSPS) is 32.6. The van der Waals surface area contributed by atoms with Crippen LogP contribution in [0, 0.1) is 5.92 Å². The molecule has 9 heavy (non-hydrogen) atoms. The van der Waals surface area contributed by atoms with Crippen LogP contribution in [-0.2, 0) is 13.6 Å². The van der Waals surface area contributed by atoms with Gasteiger partial charge in [-0.3, -0.25) is 0 Å². The van der Waals surface area contributed by atoms with Crippen molar-refractivity contribution in [3.05, 3.63) is 0 Å². The summed E-state index contributed by atoms with van der Waals surface area (Å²) < 4.78 is 20.0. The molecule has 0 aliphatic carbocycles. The van der Waals surface area contributed by atoms with Gasteiger partial charge in [-0.2, -0.15) is 0 Å². The first-order valence-corrected chi connectivity index (χ1v) is 4.15.